The second-order valence-corrected chi connectivity index (χ2v) is 12.8. The van der Waals surface area contributed by atoms with Crippen molar-refractivity contribution in [3.63, 3.8) is 0 Å². The normalized spacial score (nSPS) is 44.2. The highest BCUT2D eigenvalue weighted by Gasteiger charge is 2.56. The molecule has 3 saturated carbocycles. The average molecular weight is 427 g/mol. The van der Waals surface area contributed by atoms with Gasteiger partial charge in [0.05, 0.1) is 6.10 Å². The van der Waals surface area contributed by atoms with Crippen LogP contribution in [0.1, 0.15) is 113 Å². The Labute approximate surface area is 193 Å². The van der Waals surface area contributed by atoms with Gasteiger partial charge in [0, 0.05) is 0 Å². The molecule has 1 N–H and O–H groups in total. The van der Waals surface area contributed by atoms with Gasteiger partial charge in [-0.1, -0.05) is 64.3 Å². The lowest BCUT2D eigenvalue weighted by atomic mass is 9.47. The Hall–Kier alpha value is -0.560. The summed E-state index contributed by atoms with van der Waals surface area (Å²) in [5.41, 5.74) is 6.36. The summed E-state index contributed by atoms with van der Waals surface area (Å²) in [6, 6.07) is 0. The van der Waals surface area contributed by atoms with Crippen LogP contribution in [0.25, 0.3) is 0 Å². The highest BCUT2D eigenvalue weighted by Crippen LogP contribution is 2.66. The second kappa shape index (κ2) is 8.66. The van der Waals surface area contributed by atoms with Crippen LogP contribution in [0.4, 0.5) is 0 Å². The lowest BCUT2D eigenvalue weighted by Crippen LogP contribution is -2.51. The van der Waals surface area contributed by atoms with Crippen LogP contribution in [0, 0.1) is 46.3 Å². The summed E-state index contributed by atoms with van der Waals surface area (Å²) in [6.45, 7) is 17.1. The zero-order valence-electron chi connectivity index (χ0n) is 21.6. The number of allylic oxidation sites excluding steroid dienone is 4. The maximum atomic E-state index is 10.5. The molecule has 4 aliphatic carbocycles. The predicted molar refractivity (Wildman–Crippen MR) is 133 cm³/mol. The number of hydrogen-bond donors (Lipinski definition) is 1. The predicted octanol–water partition coefficient (Wildman–Crippen LogP) is 8.34. The average Bonchev–Trinajstić information content (AvgIpc) is 3.08. The molecule has 0 radical (unpaired) electrons. The molecule has 0 amide bonds. The minimum absolute atomic E-state index is 0.0641. The maximum Gasteiger partial charge on any atom is 0.0568 e. The van der Waals surface area contributed by atoms with E-state index in [2.05, 4.69) is 54.5 Å². The highest BCUT2D eigenvalue weighted by molar-refractivity contribution is 5.35. The fraction of sp³-hybridized carbons (Fsp3) is 0.867. The fourth-order valence-corrected chi connectivity index (χ4v) is 9.26. The minimum Gasteiger partial charge on any atom is -0.393 e. The highest BCUT2D eigenvalue weighted by atomic mass is 16.3. The van der Waals surface area contributed by atoms with E-state index in [1.165, 1.54) is 57.8 Å². The van der Waals surface area contributed by atoms with Crippen LogP contribution in [0.3, 0.4) is 0 Å². The van der Waals surface area contributed by atoms with E-state index in [1.807, 2.05) is 11.1 Å². The summed E-state index contributed by atoms with van der Waals surface area (Å²) < 4.78 is 0. The van der Waals surface area contributed by atoms with E-state index in [1.54, 1.807) is 5.57 Å². The Bertz CT molecular complexity index is 729. The van der Waals surface area contributed by atoms with Crippen LogP contribution in [0.15, 0.2) is 22.8 Å². The molecule has 8 unspecified atom stereocenters. The van der Waals surface area contributed by atoms with Crippen molar-refractivity contribution in [1.29, 1.82) is 0 Å². The Kier molecular flexibility index (Phi) is 6.59. The summed E-state index contributed by atoms with van der Waals surface area (Å²) in [6.07, 6.45) is 15.5. The van der Waals surface area contributed by atoms with Crippen molar-refractivity contribution >= 4 is 0 Å². The third-order valence-corrected chi connectivity index (χ3v) is 11.2. The molecule has 1 nitrogen and oxygen atoms in total. The number of fused-ring (bicyclic) bond motifs is 4. The van der Waals surface area contributed by atoms with Crippen LogP contribution < -0.4 is 0 Å². The van der Waals surface area contributed by atoms with Crippen LogP contribution in [0.2, 0.25) is 0 Å². The van der Waals surface area contributed by atoms with Gasteiger partial charge in [-0.25, -0.2) is 0 Å². The van der Waals surface area contributed by atoms with Crippen molar-refractivity contribution in [2.75, 3.05) is 0 Å². The van der Waals surface area contributed by atoms with Gasteiger partial charge in [-0.3, -0.25) is 0 Å². The van der Waals surface area contributed by atoms with Crippen molar-refractivity contribution in [3.05, 3.63) is 22.8 Å². The van der Waals surface area contributed by atoms with Crippen molar-refractivity contribution in [2.24, 2.45) is 46.3 Å². The smallest absolute Gasteiger partial charge is 0.0568 e. The number of aliphatic hydroxyl groups is 1. The van der Waals surface area contributed by atoms with E-state index in [-0.39, 0.29) is 6.10 Å². The first kappa shape index (κ1) is 23.6. The fourth-order valence-electron chi connectivity index (χ4n) is 9.26. The van der Waals surface area contributed by atoms with Gasteiger partial charge in [0.1, 0.15) is 0 Å². The summed E-state index contributed by atoms with van der Waals surface area (Å²) in [5, 5.41) is 10.5. The molecule has 3 fully saturated rings. The van der Waals surface area contributed by atoms with Gasteiger partial charge in [-0.05, 0) is 117 Å². The van der Waals surface area contributed by atoms with Crippen molar-refractivity contribution in [3.8, 4) is 0 Å². The summed E-state index contributed by atoms with van der Waals surface area (Å²) >= 11 is 0. The molecule has 1 heteroatoms. The molecule has 8 atom stereocenters. The number of rotatable bonds is 5. The van der Waals surface area contributed by atoms with E-state index >= 15 is 0 Å². The Balaban J connectivity index is 1.55. The van der Waals surface area contributed by atoms with Gasteiger partial charge in [0.2, 0.25) is 0 Å². The summed E-state index contributed by atoms with van der Waals surface area (Å²) in [4.78, 5) is 0. The molecule has 4 aliphatic rings. The van der Waals surface area contributed by atoms with Crippen LogP contribution >= 0.6 is 0 Å². The Morgan fingerprint density at radius 2 is 1.81 bits per heavy atom. The van der Waals surface area contributed by atoms with Crippen molar-refractivity contribution in [2.45, 2.75) is 119 Å². The molecule has 0 bridgehead atoms. The number of aliphatic hydroxyl groups excluding tert-OH is 1. The molecular formula is C30H50O. The number of hydrogen-bond acceptors (Lipinski definition) is 1. The van der Waals surface area contributed by atoms with E-state index in [9.17, 15) is 5.11 Å². The molecule has 0 heterocycles. The van der Waals surface area contributed by atoms with Crippen LogP contribution in [0.5, 0.6) is 0 Å². The molecule has 0 aromatic heterocycles. The van der Waals surface area contributed by atoms with Crippen molar-refractivity contribution in [1.82, 2.24) is 0 Å². The van der Waals surface area contributed by atoms with Gasteiger partial charge in [-0.15, -0.1) is 0 Å². The molecular weight excluding hydrogens is 376 g/mol. The quantitative estimate of drug-likeness (QED) is 0.438. The lowest BCUT2D eigenvalue weighted by Gasteiger charge is -2.58. The SMILES string of the molecule is CC=C(CCC(C)C1CCC2=C3CCC4C(C)C(O)CCC4(C)C3CCC21C)C(C)C. The van der Waals surface area contributed by atoms with Gasteiger partial charge >= 0.3 is 0 Å². The second-order valence-electron chi connectivity index (χ2n) is 12.8. The molecule has 0 saturated heterocycles. The third kappa shape index (κ3) is 3.79. The Morgan fingerprint density at radius 1 is 1.06 bits per heavy atom. The summed E-state index contributed by atoms with van der Waals surface area (Å²) in [5.74, 6) is 4.40. The van der Waals surface area contributed by atoms with E-state index < -0.39 is 0 Å². The van der Waals surface area contributed by atoms with E-state index in [0.29, 0.717) is 22.7 Å². The van der Waals surface area contributed by atoms with Crippen molar-refractivity contribution < 1.29 is 5.11 Å². The molecule has 31 heavy (non-hydrogen) atoms. The molecule has 0 aromatic carbocycles. The molecule has 0 aromatic rings. The first-order valence-corrected chi connectivity index (χ1v) is 13.7. The minimum atomic E-state index is -0.0641. The van der Waals surface area contributed by atoms with Gasteiger partial charge in [0.25, 0.3) is 0 Å². The van der Waals surface area contributed by atoms with Crippen LogP contribution in [-0.2, 0) is 0 Å². The zero-order valence-corrected chi connectivity index (χ0v) is 21.6. The molecule has 176 valence electrons. The van der Waals surface area contributed by atoms with Gasteiger partial charge in [-0.2, -0.15) is 0 Å². The van der Waals surface area contributed by atoms with E-state index in [0.717, 1.165) is 30.1 Å². The zero-order chi connectivity index (χ0) is 22.6. The standard InChI is InChI=1S/C30H50O/c1-8-22(19(2)3)10-9-20(4)24-13-14-26-23-11-12-25-21(5)28(31)16-18-30(25,7)27(23)15-17-29(24,26)6/h8,19-21,24-25,27-28,31H,9-18H2,1-7H3. The Morgan fingerprint density at radius 3 is 2.48 bits per heavy atom. The van der Waals surface area contributed by atoms with Gasteiger partial charge in [0.15, 0.2) is 0 Å². The molecule has 0 aliphatic heterocycles. The lowest BCUT2D eigenvalue weighted by molar-refractivity contribution is -0.0779. The largest absolute Gasteiger partial charge is 0.393 e. The van der Waals surface area contributed by atoms with Gasteiger partial charge < -0.3 is 5.11 Å². The van der Waals surface area contributed by atoms with E-state index in [4.69, 9.17) is 0 Å². The third-order valence-electron chi connectivity index (χ3n) is 11.2. The molecule has 4 rings (SSSR count). The first-order chi connectivity index (χ1) is 14.6. The monoisotopic (exact) mass is 426 g/mol. The first-order valence-electron chi connectivity index (χ1n) is 13.7. The topological polar surface area (TPSA) is 20.2 Å². The summed E-state index contributed by atoms with van der Waals surface area (Å²) in [7, 11) is 0. The van der Waals surface area contributed by atoms with Crippen LogP contribution in [-0.4, -0.2) is 11.2 Å². The molecule has 0 spiro atoms. The maximum absolute atomic E-state index is 10.5.